The summed E-state index contributed by atoms with van der Waals surface area (Å²) < 4.78 is 47.0. The fourth-order valence-electron chi connectivity index (χ4n) is 10.2. The highest BCUT2D eigenvalue weighted by atomic mass is 19.4. The van der Waals surface area contributed by atoms with Gasteiger partial charge < -0.3 is 29.7 Å². The van der Waals surface area contributed by atoms with Crippen molar-refractivity contribution in [1.82, 2.24) is 44.9 Å². The van der Waals surface area contributed by atoms with Crippen LogP contribution in [0.4, 0.5) is 30.4 Å². The predicted molar refractivity (Wildman–Crippen MR) is 236 cm³/mol. The second kappa shape index (κ2) is 17.6. The van der Waals surface area contributed by atoms with Crippen molar-refractivity contribution in [3.05, 3.63) is 96.3 Å². The molecule has 5 fully saturated rings. The van der Waals surface area contributed by atoms with E-state index < -0.39 is 17.8 Å². The summed E-state index contributed by atoms with van der Waals surface area (Å²) in [4.78, 5) is 73.4. The Balaban J connectivity index is 0.644. The molecular weight excluding hydrogens is 856 g/mol. The van der Waals surface area contributed by atoms with Crippen LogP contribution in [0.3, 0.4) is 0 Å². The molecule has 3 aliphatic heterocycles. The molecule has 2 aliphatic carbocycles. The van der Waals surface area contributed by atoms with Gasteiger partial charge in [-0.15, -0.1) is 0 Å². The number of piperazine rings is 1. The Morgan fingerprint density at radius 2 is 1.61 bits per heavy atom. The highest BCUT2D eigenvalue weighted by Gasteiger charge is 2.48. The van der Waals surface area contributed by atoms with Gasteiger partial charge in [-0.3, -0.25) is 29.4 Å². The van der Waals surface area contributed by atoms with Crippen molar-refractivity contribution in [3.63, 3.8) is 0 Å². The number of carbonyl (C=O) groups is 4. The summed E-state index contributed by atoms with van der Waals surface area (Å²) in [7, 11) is 0. The number of imidazole rings is 1. The number of rotatable bonds is 11. The van der Waals surface area contributed by atoms with Crippen LogP contribution in [0.1, 0.15) is 85.1 Å². The van der Waals surface area contributed by atoms with Crippen LogP contribution < -0.4 is 25.6 Å². The molecule has 19 heteroatoms. The van der Waals surface area contributed by atoms with Crippen molar-refractivity contribution >= 4 is 52.0 Å². The highest BCUT2D eigenvalue weighted by molar-refractivity contribution is 6.01. The van der Waals surface area contributed by atoms with Crippen molar-refractivity contribution in [1.29, 1.82) is 0 Å². The van der Waals surface area contributed by atoms with Gasteiger partial charge in [-0.25, -0.2) is 19.9 Å². The first kappa shape index (κ1) is 43.3. The third kappa shape index (κ3) is 8.99. The first-order valence-corrected chi connectivity index (χ1v) is 22.6. The Bertz CT molecular complexity index is 2610. The number of alkyl halides is 3. The van der Waals surface area contributed by atoms with E-state index in [0.29, 0.717) is 59.9 Å². The Kier molecular flexibility index (Phi) is 11.6. The summed E-state index contributed by atoms with van der Waals surface area (Å²) in [5, 5.41) is 8.57. The smallest absolute Gasteiger partial charge is 0.433 e. The number of piperidine rings is 2. The SMILES string of the molecule is O=C1CC[C@@H](c2ccc(OCC(=O)N3CCC4(CC3)CC(N3CCN(c5ccc(Nc6ncnc7c6ncn7C6CC(NC(=O)c7cccc(C(F)(F)F)n7)C6)cc5)CC3)C4)cc2)C(=O)N1. The van der Waals surface area contributed by atoms with Crippen LogP contribution in [0.2, 0.25) is 0 Å². The predicted octanol–water partition coefficient (Wildman–Crippen LogP) is 5.61. The number of anilines is 3. The Hall–Kier alpha value is -6.63. The minimum Gasteiger partial charge on any atom is -0.484 e. The van der Waals surface area contributed by atoms with E-state index in [1.807, 2.05) is 33.7 Å². The number of imide groups is 1. The molecule has 10 rings (SSSR count). The third-order valence-electron chi connectivity index (χ3n) is 14.2. The van der Waals surface area contributed by atoms with Gasteiger partial charge in [-0.05, 0) is 104 Å². The van der Waals surface area contributed by atoms with Crippen LogP contribution in [0.25, 0.3) is 11.2 Å². The molecule has 3 saturated heterocycles. The van der Waals surface area contributed by atoms with Crippen molar-refractivity contribution in [3.8, 4) is 5.75 Å². The number of pyridine rings is 1. The number of likely N-dealkylation sites (tertiary alicyclic amines) is 1. The average molecular weight is 906 g/mol. The summed E-state index contributed by atoms with van der Waals surface area (Å²) in [6.45, 7) is 5.34. The van der Waals surface area contributed by atoms with Gasteiger partial charge in [-0.2, -0.15) is 13.2 Å². The maximum atomic E-state index is 13.1. The van der Waals surface area contributed by atoms with E-state index in [1.165, 1.54) is 31.3 Å². The van der Waals surface area contributed by atoms with Crippen molar-refractivity contribution < 1.29 is 37.1 Å². The lowest BCUT2D eigenvalue weighted by Crippen LogP contribution is -2.59. The number of hydrogen-bond acceptors (Lipinski definition) is 12. The second-order valence-corrected chi connectivity index (χ2v) is 18.2. The molecule has 6 heterocycles. The Labute approximate surface area is 378 Å². The Morgan fingerprint density at radius 3 is 2.32 bits per heavy atom. The molecule has 0 bridgehead atoms. The number of benzene rings is 2. The molecule has 1 atom stereocenters. The molecular formula is C47H50F3N11O5. The van der Waals surface area contributed by atoms with Crippen LogP contribution in [-0.2, 0) is 20.6 Å². The zero-order chi connectivity index (χ0) is 45.6. The molecule has 66 heavy (non-hydrogen) atoms. The second-order valence-electron chi connectivity index (χ2n) is 18.2. The van der Waals surface area contributed by atoms with E-state index in [0.717, 1.165) is 75.1 Å². The maximum absolute atomic E-state index is 13.1. The van der Waals surface area contributed by atoms with Gasteiger partial charge in [0.05, 0.1) is 12.2 Å². The van der Waals surface area contributed by atoms with Crippen LogP contribution in [-0.4, -0.2) is 116 Å². The average Bonchev–Trinajstić information content (AvgIpc) is 3.73. The number of fused-ring (bicyclic) bond motifs is 1. The van der Waals surface area contributed by atoms with E-state index >= 15 is 0 Å². The minimum absolute atomic E-state index is 0.000570. The van der Waals surface area contributed by atoms with Crippen LogP contribution in [0.15, 0.2) is 79.4 Å². The summed E-state index contributed by atoms with van der Waals surface area (Å²) in [6.07, 6.45) is 4.86. The summed E-state index contributed by atoms with van der Waals surface area (Å²) in [6, 6.07) is 19.1. The fraction of sp³-hybridized carbons (Fsp3) is 0.447. The lowest BCUT2D eigenvalue weighted by molar-refractivity contribution is -0.141. The van der Waals surface area contributed by atoms with Gasteiger partial charge in [0.25, 0.3) is 11.8 Å². The number of nitrogens with one attached hydrogen (secondary N) is 3. The monoisotopic (exact) mass is 905 g/mol. The van der Waals surface area contributed by atoms with Crippen molar-refractivity contribution in [2.75, 3.05) is 56.1 Å². The molecule has 4 amide bonds. The van der Waals surface area contributed by atoms with Gasteiger partial charge in [0.1, 0.15) is 23.5 Å². The Morgan fingerprint density at radius 1 is 0.864 bits per heavy atom. The lowest BCUT2D eigenvalue weighted by atomic mass is 9.60. The van der Waals surface area contributed by atoms with E-state index in [9.17, 15) is 32.3 Å². The molecule has 3 aromatic heterocycles. The van der Waals surface area contributed by atoms with Gasteiger partial charge in [0.15, 0.2) is 23.6 Å². The fourth-order valence-corrected chi connectivity index (χ4v) is 10.2. The number of aromatic nitrogens is 5. The quantitative estimate of drug-likeness (QED) is 0.140. The normalized spacial score (nSPS) is 22.4. The largest absolute Gasteiger partial charge is 0.484 e. The highest BCUT2D eigenvalue weighted by Crippen LogP contribution is 2.51. The molecule has 0 unspecified atom stereocenters. The van der Waals surface area contributed by atoms with E-state index in [2.05, 4.69) is 57.8 Å². The van der Waals surface area contributed by atoms with Gasteiger partial charge in [0, 0.05) is 75.2 Å². The molecule has 16 nitrogen and oxygen atoms in total. The maximum Gasteiger partial charge on any atom is 0.433 e. The van der Waals surface area contributed by atoms with Crippen molar-refractivity contribution in [2.45, 2.75) is 81.6 Å². The molecule has 1 spiro atoms. The zero-order valence-corrected chi connectivity index (χ0v) is 36.2. The number of halogens is 3. The number of nitrogens with zero attached hydrogens (tertiary/aromatic N) is 8. The molecule has 2 aromatic carbocycles. The van der Waals surface area contributed by atoms with Crippen LogP contribution in [0, 0.1) is 5.41 Å². The lowest BCUT2D eigenvalue weighted by Gasteiger charge is -2.56. The standard InChI is InChI=1S/C47H50F3N11O5/c48-47(49,50)38-3-1-2-37(56-38)45(65)55-31-22-33(23-31)61-28-53-41-42(51-27-52-43(41)61)54-30-6-8-32(9-7-30)58-18-20-59(21-19-58)34-24-46(25-34)14-16-60(17-15-46)40(63)26-66-35-10-4-29(5-11-35)36-12-13-39(62)57-44(36)64/h1-11,27-28,31,33-34,36H,12-26H2,(H,55,65)(H,51,52,54)(H,57,62,64)/t31?,33?,36-/m0/s1. The molecule has 0 radical (unpaired) electrons. The van der Waals surface area contributed by atoms with E-state index in [-0.39, 0.29) is 48.0 Å². The topological polar surface area (TPSA) is 180 Å². The van der Waals surface area contributed by atoms with Crippen LogP contribution in [0.5, 0.6) is 5.75 Å². The zero-order valence-electron chi connectivity index (χ0n) is 36.2. The minimum atomic E-state index is -4.63. The molecule has 5 aliphatic rings. The van der Waals surface area contributed by atoms with Gasteiger partial charge in [0.2, 0.25) is 11.8 Å². The van der Waals surface area contributed by atoms with E-state index in [1.54, 1.807) is 18.5 Å². The molecule has 2 saturated carbocycles. The number of ether oxygens (including phenoxy) is 1. The van der Waals surface area contributed by atoms with Gasteiger partial charge >= 0.3 is 6.18 Å². The molecule has 3 N–H and O–H groups in total. The van der Waals surface area contributed by atoms with Gasteiger partial charge in [-0.1, -0.05) is 18.2 Å². The molecule has 344 valence electrons. The third-order valence-corrected chi connectivity index (χ3v) is 14.2. The number of hydrogen-bond donors (Lipinski definition) is 3. The summed E-state index contributed by atoms with van der Waals surface area (Å²) >= 11 is 0. The van der Waals surface area contributed by atoms with Crippen molar-refractivity contribution in [2.24, 2.45) is 5.41 Å². The van der Waals surface area contributed by atoms with E-state index in [4.69, 9.17) is 4.74 Å². The first-order valence-electron chi connectivity index (χ1n) is 22.6. The summed E-state index contributed by atoms with van der Waals surface area (Å²) in [5.74, 6) is -0.381. The summed E-state index contributed by atoms with van der Waals surface area (Å²) in [5.41, 5.74) is 3.02. The number of carbonyl (C=O) groups excluding carboxylic acids is 4. The molecule has 5 aromatic rings. The first-order chi connectivity index (χ1) is 31.9. The van der Waals surface area contributed by atoms with Crippen LogP contribution >= 0.6 is 0 Å². The number of amides is 4.